The van der Waals surface area contributed by atoms with Crippen molar-refractivity contribution in [2.24, 2.45) is 0 Å². The van der Waals surface area contributed by atoms with Crippen LogP contribution in [0, 0.1) is 0 Å². The fourth-order valence-corrected chi connectivity index (χ4v) is 1.80. The lowest BCUT2D eigenvalue weighted by molar-refractivity contribution is -0.127. The first-order chi connectivity index (χ1) is 7.74. The number of amides is 2. The van der Waals surface area contributed by atoms with E-state index in [9.17, 15) is 9.59 Å². The van der Waals surface area contributed by atoms with Crippen molar-refractivity contribution in [2.45, 2.75) is 38.6 Å². The topological polar surface area (TPSA) is 70.2 Å². The standard InChI is InChI=1S/C11H21N3O2/c1-2-12-10(15)8-14-11(16)9-6-4-3-5-7-13-9/h9,13H,2-8H2,1H3,(H,12,15)(H,14,16). The van der Waals surface area contributed by atoms with Crippen molar-refractivity contribution < 1.29 is 9.59 Å². The first-order valence-electron chi connectivity index (χ1n) is 6.02. The van der Waals surface area contributed by atoms with E-state index < -0.39 is 0 Å². The van der Waals surface area contributed by atoms with Crippen LogP contribution in [0.4, 0.5) is 0 Å². The van der Waals surface area contributed by atoms with Crippen molar-refractivity contribution in [2.75, 3.05) is 19.6 Å². The van der Waals surface area contributed by atoms with Crippen molar-refractivity contribution in [1.29, 1.82) is 0 Å². The third-order valence-corrected chi connectivity index (χ3v) is 2.67. The zero-order chi connectivity index (χ0) is 11.8. The summed E-state index contributed by atoms with van der Waals surface area (Å²) in [6.45, 7) is 3.41. The molecule has 16 heavy (non-hydrogen) atoms. The maximum atomic E-state index is 11.7. The lowest BCUT2D eigenvalue weighted by atomic mass is 10.1. The second-order valence-electron chi connectivity index (χ2n) is 4.03. The van der Waals surface area contributed by atoms with Gasteiger partial charge in [-0.15, -0.1) is 0 Å². The molecule has 5 heteroatoms. The summed E-state index contributed by atoms with van der Waals surface area (Å²) in [4.78, 5) is 22.9. The quantitative estimate of drug-likeness (QED) is 0.621. The fraction of sp³-hybridized carbons (Fsp3) is 0.818. The summed E-state index contributed by atoms with van der Waals surface area (Å²) >= 11 is 0. The molecule has 0 aromatic carbocycles. The van der Waals surface area contributed by atoms with E-state index in [1.54, 1.807) is 0 Å². The van der Waals surface area contributed by atoms with Gasteiger partial charge >= 0.3 is 0 Å². The number of carbonyl (C=O) groups excluding carboxylic acids is 2. The van der Waals surface area contributed by atoms with Gasteiger partial charge in [-0.1, -0.05) is 12.8 Å². The minimum absolute atomic E-state index is 0.0619. The van der Waals surface area contributed by atoms with Gasteiger partial charge in [0.05, 0.1) is 12.6 Å². The predicted molar refractivity (Wildman–Crippen MR) is 62.0 cm³/mol. The normalized spacial score (nSPS) is 20.9. The van der Waals surface area contributed by atoms with Crippen LogP contribution in [0.1, 0.15) is 32.6 Å². The molecule has 0 aromatic heterocycles. The van der Waals surface area contributed by atoms with Crippen LogP contribution in [0.5, 0.6) is 0 Å². The number of nitrogens with one attached hydrogen (secondary N) is 3. The molecule has 3 N–H and O–H groups in total. The average Bonchev–Trinajstić information content (AvgIpc) is 2.55. The van der Waals surface area contributed by atoms with Gasteiger partial charge in [-0.2, -0.15) is 0 Å². The van der Waals surface area contributed by atoms with E-state index >= 15 is 0 Å². The van der Waals surface area contributed by atoms with Gasteiger partial charge in [-0.3, -0.25) is 9.59 Å². The van der Waals surface area contributed by atoms with Crippen molar-refractivity contribution in [1.82, 2.24) is 16.0 Å². The van der Waals surface area contributed by atoms with E-state index in [0.717, 1.165) is 25.8 Å². The molecule has 1 atom stereocenters. The first-order valence-corrected chi connectivity index (χ1v) is 6.02. The Labute approximate surface area is 96.4 Å². The summed E-state index contributed by atoms with van der Waals surface area (Å²) < 4.78 is 0. The third kappa shape index (κ3) is 4.61. The van der Waals surface area contributed by atoms with Gasteiger partial charge in [0.15, 0.2) is 0 Å². The molecule has 0 bridgehead atoms. The molecule has 1 rings (SSSR count). The van der Waals surface area contributed by atoms with Crippen molar-refractivity contribution in [3.8, 4) is 0 Å². The number of hydrogen-bond acceptors (Lipinski definition) is 3. The number of likely N-dealkylation sites (N-methyl/N-ethyl adjacent to an activating group) is 1. The van der Waals surface area contributed by atoms with E-state index in [0.29, 0.717) is 6.54 Å². The fourth-order valence-electron chi connectivity index (χ4n) is 1.80. The Morgan fingerprint density at radius 1 is 1.25 bits per heavy atom. The third-order valence-electron chi connectivity index (χ3n) is 2.67. The minimum atomic E-state index is -0.135. The minimum Gasteiger partial charge on any atom is -0.355 e. The van der Waals surface area contributed by atoms with Crippen molar-refractivity contribution in [3.63, 3.8) is 0 Å². The van der Waals surface area contributed by atoms with Crippen LogP contribution in [0.15, 0.2) is 0 Å². The van der Waals surface area contributed by atoms with E-state index in [4.69, 9.17) is 0 Å². The predicted octanol–water partition coefficient (Wildman–Crippen LogP) is -0.229. The first kappa shape index (κ1) is 13.0. The Morgan fingerprint density at radius 3 is 2.81 bits per heavy atom. The highest BCUT2D eigenvalue weighted by Crippen LogP contribution is 2.08. The molecule has 92 valence electrons. The molecule has 2 amide bonds. The monoisotopic (exact) mass is 227 g/mol. The molecule has 5 nitrogen and oxygen atoms in total. The number of carbonyl (C=O) groups is 2. The van der Waals surface area contributed by atoms with Gasteiger partial charge in [0.25, 0.3) is 0 Å². The Hall–Kier alpha value is -1.10. The van der Waals surface area contributed by atoms with Crippen LogP contribution >= 0.6 is 0 Å². The average molecular weight is 227 g/mol. The van der Waals surface area contributed by atoms with Crippen LogP contribution in [-0.2, 0) is 9.59 Å². The molecule has 1 unspecified atom stereocenters. The summed E-state index contributed by atoms with van der Waals surface area (Å²) in [5.74, 6) is -0.197. The number of rotatable bonds is 4. The van der Waals surface area contributed by atoms with Crippen LogP contribution in [0.25, 0.3) is 0 Å². The smallest absolute Gasteiger partial charge is 0.239 e. The molecule has 1 saturated heterocycles. The molecule has 0 aromatic rings. The summed E-state index contributed by atoms with van der Waals surface area (Å²) in [6.07, 6.45) is 4.24. The van der Waals surface area contributed by atoms with Gasteiger partial charge in [-0.25, -0.2) is 0 Å². The molecule has 1 heterocycles. The zero-order valence-corrected chi connectivity index (χ0v) is 9.84. The second kappa shape index (κ2) is 7.22. The maximum Gasteiger partial charge on any atom is 0.239 e. The van der Waals surface area contributed by atoms with Gasteiger partial charge in [0.2, 0.25) is 11.8 Å². The summed E-state index contributed by atoms with van der Waals surface area (Å²) in [5, 5.41) is 8.49. The SMILES string of the molecule is CCNC(=O)CNC(=O)C1CCCCCN1. The molecule has 1 aliphatic heterocycles. The lowest BCUT2D eigenvalue weighted by Crippen LogP contribution is -2.46. The number of hydrogen-bond donors (Lipinski definition) is 3. The summed E-state index contributed by atoms with van der Waals surface area (Å²) in [5.41, 5.74) is 0. The largest absolute Gasteiger partial charge is 0.355 e. The Bertz CT molecular complexity index is 235. The Kier molecular flexibility index (Phi) is 5.85. The molecule has 0 radical (unpaired) electrons. The zero-order valence-electron chi connectivity index (χ0n) is 9.84. The Morgan fingerprint density at radius 2 is 2.06 bits per heavy atom. The highest BCUT2D eigenvalue weighted by molar-refractivity contribution is 5.87. The van der Waals surface area contributed by atoms with Gasteiger partial charge in [0.1, 0.15) is 0 Å². The van der Waals surface area contributed by atoms with Crippen molar-refractivity contribution in [3.05, 3.63) is 0 Å². The van der Waals surface area contributed by atoms with Gasteiger partial charge in [-0.05, 0) is 26.3 Å². The van der Waals surface area contributed by atoms with Crippen LogP contribution < -0.4 is 16.0 Å². The van der Waals surface area contributed by atoms with Crippen molar-refractivity contribution >= 4 is 11.8 Å². The maximum absolute atomic E-state index is 11.7. The van der Waals surface area contributed by atoms with Crippen LogP contribution in [-0.4, -0.2) is 37.5 Å². The van der Waals surface area contributed by atoms with E-state index in [1.165, 1.54) is 6.42 Å². The lowest BCUT2D eigenvalue weighted by Gasteiger charge is -2.15. The van der Waals surface area contributed by atoms with E-state index in [1.807, 2.05) is 6.92 Å². The highest BCUT2D eigenvalue weighted by Gasteiger charge is 2.19. The molecular formula is C11H21N3O2. The van der Waals surface area contributed by atoms with Gasteiger partial charge < -0.3 is 16.0 Å². The second-order valence-corrected chi connectivity index (χ2v) is 4.03. The molecular weight excluding hydrogens is 206 g/mol. The highest BCUT2D eigenvalue weighted by atomic mass is 16.2. The molecule has 1 fully saturated rings. The molecule has 0 spiro atoms. The van der Waals surface area contributed by atoms with E-state index in [-0.39, 0.29) is 24.4 Å². The Balaban J connectivity index is 2.25. The molecule has 0 saturated carbocycles. The van der Waals surface area contributed by atoms with Gasteiger partial charge in [0, 0.05) is 6.54 Å². The molecule has 0 aliphatic carbocycles. The van der Waals surface area contributed by atoms with Crippen LogP contribution in [0.2, 0.25) is 0 Å². The molecule has 1 aliphatic rings. The van der Waals surface area contributed by atoms with E-state index in [2.05, 4.69) is 16.0 Å². The van der Waals surface area contributed by atoms with Crippen LogP contribution in [0.3, 0.4) is 0 Å². The summed E-state index contributed by atoms with van der Waals surface area (Å²) in [6, 6.07) is -0.128. The summed E-state index contributed by atoms with van der Waals surface area (Å²) in [7, 11) is 0.